The van der Waals surface area contributed by atoms with Crippen molar-refractivity contribution in [2.45, 2.75) is 24.8 Å². The normalized spacial score (nSPS) is 27.8. The van der Waals surface area contributed by atoms with Crippen LogP contribution in [-0.4, -0.2) is 34.2 Å². The SMILES string of the molecule is O=C(O)[C@H]1[C@H](C(F)(F)F)N1Cc1ccccc1. The number of rotatable bonds is 3. The molecule has 3 nitrogen and oxygen atoms in total. The Morgan fingerprint density at radius 2 is 1.88 bits per heavy atom. The summed E-state index contributed by atoms with van der Waals surface area (Å²) in [6.07, 6.45) is -4.49. The summed E-state index contributed by atoms with van der Waals surface area (Å²) in [6.45, 7) is 0.00197. The summed E-state index contributed by atoms with van der Waals surface area (Å²) in [7, 11) is 0. The van der Waals surface area contributed by atoms with Crippen molar-refractivity contribution in [2.75, 3.05) is 0 Å². The van der Waals surface area contributed by atoms with Crippen molar-refractivity contribution in [2.24, 2.45) is 0 Å². The monoisotopic (exact) mass is 245 g/mol. The van der Waals surface area contributed by atoms with E-state index < -0.39 is 24.2 Å². The van der Waals surface area contributed by atoms with Crippen molar-refractivity contribution in [3.05, 3.63) is 35.9 Å². The molecule has 1 N–H and O–H groups in total. The first-order chi connectivity index (χ1) is 7.91. The molecule has 17 heavy (non-hydrogen) atoms. The number of carbonyl (C=O) groups is 1. The average Bonchev–Trinajstić information content (AvgIpc) is 2.93. The minimum atomic E-state index is -4.49. The molecule has 0 radical (unpaired) electrons. The number of carboxylic acid groups (broad SMARTS) is 1. The fourth-order valence-corrected chi connectivity index (χ4v) is 1.91. The van der Waals surface area contributed by atoms with E-state index in [4.69, 9.17) is 5.11 Å². The molecule has 3 atom stereocenters. The van der Waals surface area contributed by atoms with Gasteiger partial charge in [-0.1, -0.05) is 30.3 Å². The van der Waals surface area contributed by atoms with Crippen molar-refractivity contribution in [3.63, 3.8) is 0 Å². The molecule has 0 bridgehead atoms. The second-order valence-electron chi connectivity index (χ2n) is 3.93. The Morgan fingerprint density at radius 3 is 2.29 bits per heavy atom. The minimum absolute atomic E-state index is 0.00197. The highest BCUT2D eigenvalue weighted by Gasteiger charge is 2.66. The summed E-state index contributed by atoms with van der Waals surface area (Å²) < 4.78 is 37.5. The predicted molar refractivity (Wildman–Crippen MR) is 53.3 cm³/mol. The fraction of sp³-hybridized carbons (Fsp3) is 0.364. The fourth-order valence-electron chi connectivity index (χ4n) is 1.91. The van der Waals surface area contributed by atoms with Gasteiger partial charge in [-0.2, -0.15) is 13.2 Å². The van der Waals surface area contributed by atoms with Crippen molar-refractivity contribution >= 4 is 5.97 Å². The number of aliphatic carboxylic acids is 1. The van der Waals surface area contributed by atoms with Gasteiger partial charge in [0.15, 0.2) is 0 Å². The van der Waals surface area contributed by atoms with Gasteiger partial charge in [-0.3, -0.25) is 9.69 Å². The van der Waals surface area contributed by atoms with Gasteiger partial charge in [0.2, 0.25) is 0 Å². The first-order valence-electron chi connectivity index (χ1n) is 5.00. The third kappa shape index (κ3) is 2.41. The van der Waals surface area contributed by atoms with Crippen LogP contribution in [0.25, 0.3) is 0 Å². The molecule has 1 fully saturated rings. The molecule has 1 saturated heterocycles. The van der Waals surface area contributed by atoms with Crippen molar-refractivity contribution in [1.29, 1.82) is 0 Å². The minimum Gasteiger partial charge on any atom is -0.480 e. The van der Waals surface area contributed by atoms with E-state index in [1.807, 2.05) is 0 Å². The molecule has 2 rings (SSSR count). The molecule has 0 spiro atoms. The standard InChI is InChI=1S/C11H10F3NO2/c12-11(13,14)9-8(10(16)17)15(9)6-7-4-2-1-3-5-7/h1-5,8-9H,6H2,(H,16,17)/t8-,9-,15?/m1/s1. The Morgan fingerprint density at radius 1 is 1.29 bits per heavy atom. The predicted octanol–water partition coefficient (Wildman–Crippen LogP) is 1.89. The number of alkyl halides is 3. The summed E-state index contributed by atoms with van der Waals surface area (Å²) in [5, 5.41) is 8.69. The summed E-state index contributed by atoms with van der Waals surface area (Å²) in [4.78, 5) is 11.6. The number of hydrogen-bond donors (Lipinski definition) is 1. The van der Waals surface area contributed by atoms with Gasteiger partial charge in [-0.25, -0.2) is 0 Å². The Kier molecular flexibility index (Phi) is 2.82. The Hall–Kier alpha value is -1.56. The summed E-state index contributed by atoms with van der Waals surface area (Å²) in [5.41, 5.74) is 0.672. The van der Waals surface area contributed by atoms with Gasteiger partial charge in [0.25, 0.3) is 0 Å². The largest absolute Gasteiger partial charge is 0.480 e. The zero-order valence-electron chi connectivity index (χ0n) is 8.69. The summed E-state index contributed by atoms with van der Waals surface area (Å²) in [6, 6.07) is 5.20. The number of carboxylic acids is 1. The van der Waals surface area contributed by atoms with Gasteiger partial charge < -0.3 is 5.11 Å². The van der Waals surface area contributed by atoms with Gasteiger partial charge in [0.1, 0.15) is 12.1 Å². The third-order valence-electron chi connectivity index (χ3n) is 2.72. The average molecular weight is 245 g/mol. The molecule has 0 saturated carbocycles. The van der Waals surface area contributed by atoms with Gasteiger partial charge in [-0.15, -0.1) is 0 Å². The highest BCUT2D eigenvalue weighted by molar-refractivity contribution is 5.78. The molecule has 1 aromatic rings. The van der Waals surface area contributed by atoms with Crippen molar-refractivity contribution in [3.8, 4) is 0 Å². The molecular weight excluding hydrogens is 235 g/mol. The molecule has 0 aromatic heterocycles. The third-order valence-corrected chi connectivity index (χ3v) is 2.72. The molecule has 1 unspecified atom stereocenters. The van der Waals surface area contributed by atoms with E-state index in [0.29, 0.717) is 5.56 Å². The Bertz CT molecular complexity index is 418. The highest BCUT2D eigenvalue weighted by atomic mass is 19.4. The molecule has 0 amide bonds. The molecular formula is C11H10F3NO2. The summed E-state index contributed by atoms with van der Waals surface area (Å²) >= 11 is 0. The number of nitrogens with zero attached hydrogens (tertiary/aromatic N) is 1. The summed E-state index contributed by atoms with van der Waals surface area (Å²) in [5.74, 6) is -1.43. The zero-order valence-corrected chi connectivity index (χ0v) is 8.69. The van der Waals surface area contributed by atoms with E-state index in [1.165, 1.54) is 0 Å². The topological polar surface area (TPSA) is 40.3 Å². The van der Waals surface area contributed by atoms with Crippen molar-refractivity contribution in [1.82, 2.24) is 4.90 Å². The second kappa shape index (κ2) is 4.03. The molecule has 0 aliphatic carbocycles. The van der Waals surface area contributed by atoms with E-state index in [2.05, 4.69) is 0 Å². The Balaban J connectivity index is 2.09. The first-order valence-corrected chi connectivity index (χ1v) is 5.00. The highest BCUT2D eigenvalue weighted by Crippen LogP contribution is 2.42. The molecule has 1 aliphatic rings. The number of halogens is 3. The van der Waals surface area contributed by atoms with E-state index in [0.717, 1.165) is 4.90 Å². The molecule has 1 aliphatic heterocycles. The van der Waals surface area contributed by atoms with Crippen LogP contribution >= 0.6 is 0 Å². The second-order valence-corrected chi connectivity index (χ2v) is 3.93. The van der Waals surface area contributed by atoms with E-state index in [-0.39, 0.29) is 6.54 Å². The van der Waals surface area contributed by atoms with Crippen LogP contribution in [0.15, 0.2) is 30.3 Å². The first kappa shape index (κ1) is 11.9. The Labute approximate surface area is 95.5 Å². The lowest BCUT2D eigenvalue weighted by Crippen LogP contribution is -2.23. The maximum Gasteiger partial charge on any atom is 0.406 e. The van der Waals surface area contributed by atoms with Gasteiger partial charge >= 0.3 is 12.1 Å². The van der Waals surface area contributed by atoms with Crippen LogP contribution in [0.4, 0.5) is 13.2 Å². The van der Waals surface area contributed by atoms with Crippen LogP contribution in [0, 0.1) is 0 Å². The molecule has 92 valence electrons. The van der Waals surface area contributed by atoms with Crippen LogP contribution < -0.4 is 0 Å². The van der Waals surface area contributed by atoms with Crippen molar-refractivity contribution < 1.29 is 23.1 Å². The van der Waals surface area contributed by atoms with Gasteiger partial charge in [0.05, 0.1) is 0 Å². The van der Waals surface area contributed by atoms with E-state index >= 15 is 0 Å². The molecule has 1 aromatic carbocycles. The lowest BCUT2D eigenvalue weighted by molar-refractivity contribution is -0.145. The van der Waals surface area contributed by atoms with E-state index in [1.54, 1.807) is 30.3 Å². The maximum atomic E-state index is 12.5. The van der Waals surface area contributed by atoms with Crippen LogP contribution in [0.1, 0.15) is 5.56 Å². The molecule has 6 heteroatoms. The lowest BCUT2D eigenvalue weighted by Gasteiger charge is -2.06. The number of hydrogen-bond acceptors (Lipinski definition) is 2. The molecule has 1 heterocycles. The van der Waals surface area contributed by atoms with Crippen LogP contribution in [0.3, 0.4) is 0 Å². The van der Waals surface area contributed by atoms with Crippen LogP contribution in [0.2, 0.25) is 0 Å². The van der Waals surface area contributed by atoms with E-state index in [9.17, 15) is 18.0 Å². The van der Waals surface area contributed by atoms with Crippen LogP contribution in [0.5, 0.6) is 0 Å². The van der Waals surface area contributed by atoms with Crippen LogP contribution in [-0.2, 0) is 11.3 Å². The zero-order chi connectivity index (χ0) is 12.6. The smallest absolute Gasteiger partial charge is 0.406 e. The van der Waals surface area contributed by atoms with Gasteiger partial charge in [0, 0.05) is 6.54 Å². The quantitative estimate of drug-likeness (QED) is 0.826. The lowest BCUT2D eigenvalue weighted by atomic mass is 10.2. The maximum absolute atomic E-state index is 12.5. The van der Waals surface area contributed by atoms with Gasteiger partial charge in [-0.05, 0) is 5.56 Å². The number of benzene rings is 1.